The number of piperidine rings is 1. The second kappa shape index (κ2) is 4.66. The zero-order valence-corrected chi connectivity index (χ0v) is 11.1. The van der Waals surface area contributed by atoms with E-state index >= 15 is 0 Å². The van der Waals surface area contributed by atoms with E-state index in [1.165, 1.54) is 11.3 Å². The Kier molecular flexibility index (Phi) is 3.46. The van der Waals surface area contributed by atoms with Crippen molar-refractivity contribution < 1.29 is 4.79 Å². The van der Waals surface area contributed by atoms with Gasteiger partial charge in [-0.3, -0.25) is 4.79 Å². The van der Waals surface area contributed by atoms with Crippen molar-refractivity contribution in [2.45, 2.75) is 30.6 Å². The van der Waals surface area contributed by atoms with Crippen molar-refractivity contribution in [3.05, 3.63) is 22.4 Å². The molecule has 0 aliphatic carbocycles. The van der Waals surface area contributed by atoms with Crippen LogP contribution in [0.5, 0.6) is 0 Å². The van der Waals surface area contributed by atoms with E-state index in [0.717, 1.165) is 24.3 Å². The van der Waals surface area contributed by atoms with Crippen LogP contribution < -0.4 is 0 Å². The quantitative estimate of drug-likeness (QED) is 0.727. The number of alkyl halides is 1. The van der Waals surface area contributed by atoms with E-state index in [2.05, 4.69) is 22.9 Å². The van der Waals surface area contributed by atoms with Crippen LogP contribution in [0.3, 0.4) is 0 Å². The number of hydrogen-bond donors (Lipinski definition) is 0. The fourth-order valence-electron chi connectivity index (χ4n) is 1.89. The van der Waals surface area contributed by atoms with Gasteiger partial charge < -0.3 is 4.90 Å². The smallest absolute Gasteiger partial charge is 0.264 e. The highest BCUT2D eigenvalue weighted by atomic mass is 79.9. The molecular weight excluding hydrogens is 274 g/mol. The molecule has 0 spiro atoms. The number of nitrogens with zero attached hydrogens (tertiary/aromatic N) is 1. The first-order valence-electron chi connectivity index (χ1n) is 5.17. The average Bonchev–Trinajstić information content (AvgIpc) is 2.74. The van der Waals surface area contributed by atoms with Crippen LogP contribution in [0.4, 0.5) is 0 Å². The Morgan fingerprint density at radius 2 is 2.40 bits per heavy atom. The van der Waals surface area contributed by atoms with E-state index in [-0.39, 0.29) is 5.91 Å². The van der Waals surface area contributed by atoms with E-state index in [4.69, 9.17) is 0 Å². The standard InChI is InChI=1S/C11H14BrNOS/c1-8-4-5-9(12)7-13(8)11(14)10-3-2-6-15-10/h2-3,6,8-9H,4-5,7H2,1H3. The summed E-state index contributed by atoms with van der Waals surface area (Å²) in [6.45, 7) is 2.96. The normalized spacial score (nSPS) is 26.7. The maximum absolute atomic E-state index is 12.1. The summed E-state index contributed by atoms with van der Waals surface area (Å²) in [7, 11) is 0. The van der Waals surface area contributed by atoms with Crippen LogP contribution in [0, 0.1) is 0 Å². The Balaban J connectivity index is 2.12. The molecule has 0 radical (unpaired) electrons. The van der Waals surface area contributed by atoms with Gasteiger partial charge in [-0.15, -0.1) is 11.3 Å². The molecule has 1 aliphatic rings. The minimum absolute atomic E-state index is 0.182. The number of halogens is 1. The summed E-state index contributed by atoms with van der Waals surface area (Å²) in [6, 6.07) is 4.20. The van der Waals surface area contributed by atoms with Gasteiger partial charge in [-0.1, -0.05) is 22.0 Å². The minimum atomic E-state index is 0.182. The lowest BCUT2D eigenvalue weighted by Crippen LogP contribution is -2.45. The fraction of sp³-hybridized carbons (Fsp3) is 0.545. The fourth-order valence-corrected chi connectivity index (χ4v) is 3.14. The predicted molar refractivity (Wildman–Crippen MR) is 66.8 cm³/mol. The van der Waals surface area contributed by atoms with Crippen molar-refractivity contribution in [1.29, 1.82) is 0 Å². The molecule has 1 aromatic rings. The van der Waals surface area contributed by atoms with Gasteiger partial charge >= 0.3 is 0 Å². The molecule has 1 aromatic heterocycles. The summed E-state index contributed by atoms with van der Waals surface area (Å²) in [4.78, 5) is 15.4. The van der Waals surface area contributed by atoms with Crippen molar-refractivity contribution in [2.24, 2.45) is 0 Å². The molecule has 2 heterocycles. The molecule has 2 nitrogen and oxygen atoms in total. The third kappa shape index (κ3) is 2.42. The molecule has 1 saturated heterocycles. The highest BCUT2D eigenvalue weighted by Gasteiger charge is 2.28. The summed E-state index contributed by atoms with van der Waals surface area (Å²) in [5, 5.41) is 1.95. The molecule has 4 heteroatoms. The SMILES string of the molecule is CC1CCC(Br)CN1C(=O)c1cccs1. The number of thiophene rings is 1. The van der Waals surface area contributed by atoms with Crippen molar-refractivity contribution in [3.8, 4) is 0 Å². The zero-order valence-electron chi connectivity index (χ0n) is 8.65. The number of carbonyl (C=O) groups is 1. The Hall–Kier alpha value is -0.350. The van der Waals surface area contributed by atoms with Gasteiger partial charge in [0.1, 0.15) is 0 Å². The summed E-state index contributed by atoms with van der Waals surface area (Å²) in [5.41, 5.74) is 0. The van der Waals surface area contributed by atoms with Crippen LogP contribution in [0.25, 0.3) is 0 Å². The monoisotopic (exact) mass is 287 g/mol. The lowest BCUT2D eigenvalue weighted by Gasteiger charge is -2.35. The molecule has 1 aliphatic heterocycles. The summed E-state index contributed by atoms with van der Waals surface area (Å²) in [6.07, 6.45) is 2.25. The molecule has 0 bridgehead atoms. The van der Waals surface area contributed by atoms with E-state index < -0.39 is 0 Å². The van der Waals surface area contributed by atoms with Crippen molar-refractivity contribution in [2.75, 3.05) is 6.54 Å². The van der Waals surface area contributed by atoms with Crippen molar-refractivity contribution >= 4 is 33.2 Å². The van der Waals surface area contributed by atoms with Gasteiger partial charge in [0.2, 0.25) is 0 Å². The first-order chi connectivity index (χ1) is 7.18. The molecule has 1 amide bonds. The summed E-state index contributed by atoms with van der Waals surface area (Å²) in [5.74, 6) is 0.182. The summed E-state index contributed by atoms with van der Waals surface area (Å²) < 4.78 is 0. The van der Waals surface area contributed by atoms with Gasteiger partial charge in [-0.25, -0.2) is 0 Å². The maximum atomic E-state index is 12.1. The Labute approximate surface area is 102 Å². The van der Waals surface area contributed by atoms with Gasteiger partial charge in [0, 0.05) is 17.4 Å². The van der Waals surface area contributed by atoms with E-state index in [9.17, 15) is 4.79 Å². The first kappa shape index (κ1) is 11.1. The zero-order chi connectivity index (χ0) is 10.8. The van der Waals surface area contributed by atoms with Crippen LogP contribution in [0.1, 0.15) is 29.4 Å². The maximum Gasteiger partial charge on any atom is 0.264 e. The van der Waals surface area contributed by atoms with Crippen LogP contribution >= 0.6 is 27.3 Å². The van der Waals surface area contributed by atoms with Crippen molar-refractivity contribution in [3.63, 3.8) is 0 Å². The second-order valence-electron chi connectivity index (χ2n) is 3.96. The third-order valence-corrected chi connectivity index (χ3v) is 4.42. The van der Waals surface area contributed by atoms with E-state index in [1.54, 1.807) is 0 Å². The Morgan fingerprint density at radius 1 is 1.60 bits per heavy atom. The summed E-state index contributed by atoms with van der Waals surface area (Å²) >= 11 is 5.12. The van der Waals surface area contributed by atoms with Gasteiger partial charge in [-0.2, -0.15) is 0 Å². The molecule has 82 valence electrons. The largest absolute Gasteiger partial charge is 0.334 e. The highest BCUT2D eigenvalue weighted by Crippen LogP contribution is 2.24. The number of carbonyl (C=O) groups excluding carboxylic acids is 1. The number of likely N-dealkylation sites (tertiary alicyclic amines) is 1. The molecular formula is C11H14BrNOS. The molecule has 1 fully saturated rings. The number of rotatable bonds is 1. The predicted octanol–water partition coefficient (Wildman–Crippen LogP) is 3.14. The van der Waals surface area contributed by atoms with Gasteiger partial charge in [0.05, 0.1) is 4.88 Å². The molecule has 0 aromatic carbocycles. The lowest BCUT2D eigenvalue weighted by atomic mass is 10.0. The lowest BCUT2D eigenvalue weighted by molar-refractivity contribution is 0.0649. The average molecular weight is 288 g/mol. The molecule has 0 saturated carbocycles. The Bertz CT molecular complexity index is 338. The minimum Gasteiger partial charge on any atom is -0.334 e. The van der Waals surface area contributed by atoms with Gasteiger partial charge in [-0.05, 0) is 31.2 Å². The number of amides is 1. The molecule has 15 heavy (non-hydrogen) atoms. The third-order valence-electron chi connectivity index (χ3n) is 2.82. The van der Waals surface area contributed by atoms with Crippen molar-refractivity contribution in [1.82, 2.24) is 4.90 Å². The van der Waals surface area contributed by atoms with Crippen LogP contribution in [0.15, 0.2) is 17.5 Å². The first-order valence-corrected chi connectivity index (χ1v) is 6.96. The van der Waals surface area contributed by atoms with Crippen LogP contribution in [0.2, 0.25) is 0 Å². The van der Waals surface area contributed by atoms with Crippen LogP contribution in [-0.2, 0) is 0 Å². The molecule has 2 atom stereocenters. The molecule has 2 unspecified atom stereocenters. The second-order valence-corrected chi connectivity index (χ2v) is 6.20. The van der Waals surface area contributed by atoms with Gasteiger partial charge in [0.25, 0.3) is 5.91 Å². The van der Waals surface area contributed by atoms with Gasteiger partial charge in [0.15, 0.2) is 0 Å². The molecule has 2 rings (SSSR count). The molecule has 0 N–H and O–H groups in total. The topological polar surface area (TPSA) is 20.3 Å². The van der Waals surface area contributed by atoms with E-state index in [0.29, 0.717) is 10.9 Å². The number of hydrogen-bond acceptors (Lipinski definition) is 2. The Morgan fingerprint density at radius 3 is 3.07 bits per heavy atom. The van der Waals surface area contributed by atoms with Crippen LogP contribution in [-0.4, -0.2) is 28.2 Å². The highest BCUT2D eigenvalue weighted by molar-refractivity contribution is 9.09. The van der Waals surface area contributed by atoms with E-state index in [1.807, 2.05) is 22.4 Å².